The van der Waals surface area contributed by atoms with E-state index in [0.717, 1.165) is 42.9 Å². The Hall–Kier alpha value is -1.88. The first-order chi connectivity index (χ1) is 11.3. The number of H-pyrrole nitrogens is 1. The third kappa shape index (κ3) is 3.91. The smallest absolute Gasteiger partial charge is 0.252 e. The first-order valence-corrected chi connectivity index (χ1v) is 8.70. The molecule has 1 fully saturated rings. The van der Waals surface area contributed by atoms with Crippen LogP contribution in [0.5, 0.6) is 0 Å². The zero-order valence-corrected chi connectivity index (χ0v) is 13.8. The fourth-order valence-electron chi connectivity index (χ4n) is 3.39. The Bertz CT molecular complexity index is 651. The highest BCUT2D eigenvalue weighted by atomic mass is 16.1. The fourth-order valence-corrected chi connectivity index (χ4v) is 3.39. The highest BCUT2D eigenvalue weighted by Crippen LogP contribution is 2.17. The van der Waals surface area contributed by atoms with Gasteiger partial charge in [-0.25, -0.2) is 0 Å². The summed E-state index contributed by atoms with van der Waals surface area (Å²) in [5.41, 5.74) is 1.60. The average Bonchev–Trinajstić information content (AvgIpc) is 3.04. The number of fused-ring (bicyclic) bond motifs is 1. The van der Waals surface area contributed by atoms with E-state index in [1.165, 1.54) is 25.8 Å². The summed E-state index contributed by atoms with van der Waals surface area (Å²) in [5, 5.41) is 10.8. The van der Waals surface area contributed by atoms with Crippen LogP contribution in [0, 0.1) is 0 Å². The molecular weight excluding hydrogens is 288 g/mol. The second-order valence-corrected chi connectivity index (χ2v) is 6.48. The van der Waals surface area contributed by atoms with Crippen molar-refractivity contribution in [2.24, 2.45) is 0 Å². The molecule has 1 aliphatic heterocycles. The molecule has 5 heteroatoms. The molecular formula is C18H26N4O. The summed E-state index contributed by atoms with van der Waals surface area (Å²) in [6, 6.07) is 6.38. The normalized spacial score (nSPS) is 19.1. The second-order valence-electron chi connectivity index (χ2n) is 6.48. The van der Waals surface area contributed by atoms with Crippen LogP contribution in [-0.4, -0.2) is 46.7 Å². The van der Waals surface area contributed by atoms with Gasteiger partial charge in [-0.05, 0) is 57.8 Å². The monoisotopic (exact) mass is 314 g/mol. The summed E-state index contributed by atoms with van der Waals surface area (Å²) in [6.07, 6.45) is 7.90. The molecule has 0 saturated carbocycles. The van der Waals surface area contributed by atoms with Crippen LogP contribution in [0.2, 0.25) is 0 Å². The molecule has 0 radical (unpaired) electrons. The van der Waals surface area contributed by atoms with Crippen molar-refractivity contribution >= 4 is 16.8 Å². The van der Waals surface area contributed by atoms with Gasteiger partial charge in [-0.2, -0.15) is 5.10 Å². The van der Waals surface area contributed by atoms with Crippen LogP contribution in [0.4, 0.5) is 0 Å². The Morgan fingerprint density at radius 2 is 2.30 bits per heavy atom. The van der Waals surface area contributed by atoms with Crippen LogP contribution in [0.25, 0.3) is 10.9 Å². The number of nitrogens with zero attached hydrogens (tertiary/aromatic N) is 2. The largest absolute Gasteiger partial charge is 0.352 e. The van der Waals surface area contributed by atoms with E-state index in [4.69, 9.17) is 0 Å². The molecule has 5 nitrogen and oxygen atoms in total. The third-order valence-electron chi connectivity index (χ3n) is 4.83. The van der Waals surface area contributed by atoms with E-state index >= 15 is 0 Å². The van der Waals surface area contributed by atoms with Gasteiger partial charge in [-0.15, -0.1) is 0 Å². The summed E-state index contributed by atoms with van der Waals surface area (Å²) in [7, 11) is 0. The molecule has 2 N–H and O–H groups in total. The topological polar surface area (TPSA) is 61.0 Å². The molecule has 1 unspecified atom stereocenters. The number of benzene rings is 1. The standard InChI is InChI=1S/C18H26N4O/c1-14-7-2-4-11-22(14)12-5-3-10-19-18(23)15-8-6-9-17-16(15)13-20-21-17/h6,8-9,13-14H,2-5,7,10-12H2,1H3,(H,19,23)(H,20,21). The number of hydrogen-bond donors (Lipinski definition) is 2. The van der Waals surface area contributed by atoms with Crippen LogP contribution in [0.1, 0.15) is 49.4 Å². The Morgan fingerprint density at radius 1 is 1.39 bits per heavy atom. The van der Waals surface area contributed by atoms with Crippen LogP contribution in [0.3, 0.4) is 0 Å². The number of amides is 1. The summed E-state index contributed by atoms with van der Waals surface area (Å²) in [6.45, 7) is 5.44. The lowest BCUT2D eigenvalue weighted by Crippen LogP contribution is -2.38. The van der Waals surface area contributed by atoms with Crippen molar-refractivity contribution in [2.45, 2.75) is 45.1 Å². The zero-order valence-electron chi connectivity index (χ0n) is 13.8. The molecule has 1 aliphatic rings. The van der Waals surface area contributed by atoms with Gasteiger partial charge in [0.2, 0.25) is 0 Å². The van der Waals surface area contributed by atoms with Gasteiger partial charge in [0.05, 0.1) is 17.3 Å². The van der Waals surface area contributed by atoms with Crippen LogP contribution in [-0.2, 0) is 0 Å². The Labute approximate surface area is 137 Å². The molecule has 0 aliphatic carbocycles. The molecule has 2 aromatic rings. The zero-order chi connectivity index (χ0) is 16.1. The highest BCUT2D eigenvalue weighted by molar-refractivity contribution is 6.05. The SMILES string of the molecule is CC1CCCCN1CCCCNC(=O)c1cccc2[nH]ncc12. The second kappa shape index (κ2) is 7.59. The maximum atomic E-state index is 12.3. The van der Waals surface area contributed by atoms with Gasteiger partial charge in [-0.1, -0.05) is 12.5 Å². The van der Waals surface area contributed by atoms with Gasteiger partial charge < -0.3 is 10.2 Å². The Kier molecular flexibility index (Phi) is 5.28. The van der Waals surface area contributed by atoms with Gasteiger partial charge in [0.15, 0.2) is 0 Å². The third-order valence-corrected chi connectivity index (χ3v) is 4.83. The van der Waals surface area contributed by atoms with E-state index in [1.807, 2.05) is 18.2 Å². The lowest BCUT2D eigenvalue weighted by atomic mass is 10.0. The first-order valence-electron chi connectivity index (χ1n) is 8.70. The number of aromatic amines is 1. The van der Waals surface area contributed by atoms with Crippen molar-refractivity contribution in [3.05, 3.63) is 30.0 Å². The van der Waals surface area contributed by atoms with Gasteiger partial charge >= 0.3 is 0 Å². The van der Waals surface area contributed by atoms with Crippen molar-refractivity contribution in [3.8, 4) is 0 Å². The van der Waals surface area contributed by atoms with E-state index < -0.39 is 0 Å². The first kappa shape index (κ1) is 16.0. The quantitative estimate of drug-likeness (QED) is 0.806. The fraction of sp³-hybridized carbons (Fsp3) is 0.556. The molecule has 1 amide bonds. The molecule has 0 bridgehead atoms. The van der Waals surface area contributed by atoms with Gasteiger partial charge in [0, 0.05) is 18.0 Å². The lowest BCUT2D eigenvalue weighted by Gasteiger charge is -2.33. The number of carbonyl (C=O) groups is 1. The molecule has 2 heterocycles. The minimum absolute atomic E-state index is 0.0108. The molecule has 1 saturated heterocycles. The van der Waals surface area contributed by atoms with Crippen molar-refractivity contribution in [1.82, 2.24) is 20.4 Å². The van der Waals surface area contributed by atoms with Gasteiger partial charge in [-0.3, -0.25) is 9.89 Å². The number of hydrogen-bond acceptors (Lipinski definition) is 3. The van der Waals surface area contributed by atoms with E-state index in [-0.39, 0.29) is 5.91 Å². The number of aromatic nitrogens is 2. The van der Waals surface area contributed by atoms with E-state index in [0.29, 0.717) is 5.56 Å². The van der Waals surface area contributed by atoms with Crippen LogP contribution >= 0.6 is 0 Å². The lowest BCUT2D eigenvalue weighted by molar-refractivity contribution is 0.0953. The molecule has 124 valence electrons. The number of rotatable bonds is 6. The highest BCUT2D eigenvalue weighted by Gasteiger charge is 2.17. The predicted octanol–water partition coefficient (Wildman–Crippen LogP) is 2.95. The maximum absolute atomic E-state index is 12.3. The van der Waals surface area contributed by atoms with Crippen molar-refractivity contribution in [3.63, 3.8) is 0 Å². The summed E-state index contributed by atoms with van der Waals surface area (Å²) >= 11 is 0. The van der Waals surface area contributed by atoms with Crippen molar-refractivity contribution in [2.75, 3.05) is 19.6 Å². The molecule has 0 spiro atoms. The molecule has 1 atom stereocenters. The Balaban J connectivity index is 1.42. The minimum Gasteiger partial charge on any atom is -0.352 e. The summed E-state index contributed by atoms with van der Waals surface area (Å²) in [4.78, 5) is 14.9. The van der Waals surface area contributed by atoms with Gasteiger partial charge in [0.1, 0.15) is 0 Å². The minimum atomic E-state index is -0.0108. The molecule has 3 rings (SSSR count). The van der Waals surface area contributed by atoms with Gasteiger partial charge in [0.25, 0.3) is 5.91 Å². The predicted molar refractivity (Wildman–Crippen MR) is 92.5 cm³/mol. The van der Waals surface area contributed by atoms with Crippen molar-refractivity contribution < 1.29 is 4.79 Å². The average molecular weight is 314 g/mol. The van der Waals surface area contributed by atoms with E-state index in [2.05, 4.69) is 27.3 Å². The number of unbranched alkanes of at least 4 members (excludes halogenated alkanes) is 1. The van der Waals surface area contributed by atoms with E-state index in [9.17, 15) is 4.79 Å². The van der Waals surface area contributed by atoms with Crippen LogP contribution < -0.4 is 5.32 Å². The number of carbonyl (C=O) groups excluding carboxylic acids is 1. The van der Waals surface area contributed by atoms with Crippen molar-refractivity contribution in [1.29, 1.82) is 0 Å². The number of likely N-dealkylation sites (tertiary alicyclic amines) is 1. The Morgan fingerprint density at radius 3 is 3.17 bits per heavy atom. The molecule has 1 aromatic heterocycles. The number of piperidine rings is 1. The molecule has 23 heavy (non-hydrogen) atoms. The summed E-state index contributed by atoms with van der Waals surface area (Å²) in [5.74, 6) is -0.0108. The number of nitrogens with one attached hydrogen (secondary N) is 2. The summed E-state index contributed by atoms with van der Waals surface area (Å²) < 4.78 is 0. The van der Waals surface area contributed by atoms with E-state index in [1.54, 1.807) is 6.20 Å². The van der Waals surface area contributed by atoms with Crippen LogP contribution in [0.15, 0.2) is 24.4 Å². The molecule has 1 aromatic carbocycles. The maximum Gasteiger partial charge on any atom is 0.252 e.